The van der Waals surface area contributed by atoms with Gasteiger partial charge in [0.1, 0.15) is 0 Å². The Bertz CT molecular complexity index is 310. The molecular weight excluding hydrogens is 194 g/mol. The number of aliphatic hydroxyl groups excluding tert-OH is 1. The monoisotopic (exact) mass is 211 g/mol. The van der Waals surface area contributed by atoms with Crippen molar-refractivity contribution in [2.24, 2.45) is 11.8 Å². The van der Waals surface area contributed by atoms with Gasteiger partial charge in [0.05, 0.1) is 16.8 Å². The fourth-order valence-electron chi connectivity index (χ4n) is 2.28. The van der Waals surface area contributed by atoms with Gasteiger partial charge in [0.25, 0.3) is 0 Å². The number of hydrogen-bond donors (Lipinski definition) is 1. The van der Waals surface area contributed by atoms with Crippen LogP contribution in [0.25, 0.3) is 0 Å². The van der Waals surface area contributed by atoms with E-state index >= 15 is 0 Å². The maximum atomic E-state index is 9.63. The van der Waals surface area contributed by atoms with Gasteiger partial charge in [-0.1, -0.05) is 6.92 Å². The van der Waals surface area contributed by atoms with E-state index in [1.54, 1.807) is 11.3 Å². The van der Waals surface area contributed by atoms with Gasteiger partial charge in [0.15, 0.2) is 0 Å². The minimum Gasteiger partial charge on any atom is -0.393 e. The van der Waals surface area contributed by atoms with Crippen LogP contribution in [0.4, 0.5) is 0 Å². The smallest absolute Gasteiger partial charge is 0.0897 e. The first-order valence-corrected chi connectivity index (χ1v) is 6.14. The summed E-state index contributed by atoms with van der Waals surface area (Å²) in [5, 5.41) is 12.9. The molecule has 1 aromatic rings. The van der Waals surface area contributed by atoms with E-state index < -0.39 is 0 Å². The molecule has 1 saturated carbocycles. The minimum atomic E-state index is -0.0836. The Morgan fingerprint density at radius 1 is 1.57 bits per heavy atom. The quantitative estimate of drug-likeness (QED) is 0.815. The van der Waals surface area contributed by atoms with E-state index in [0.29, 0.717) is 11.8 Å². The summed E-state index contributed by atoms with van der Waals surface area (Å²) in [6.07, 6.45) is 3.08. The topological polar surface area (TPSA) is 33.1 Å². The second-order valence-electron chi connectivity index (χ2n) is 4.33. The van der Waals surface area contributed by atoms with Crippen molar-refractivity contribution in [3.8, 4) is 0 Å². The molecule has 1 aliphatic carbocycles. The van der Waals surface area contributed by atoms with Gasteiger partial charge in [-0.3, -0.25) is 0 Å². The summed E-state index contributed by atoms with van der Waals surface area (Å²) >= 11 is 1.72. The summed E-state index contributed by atoms with van der Waals surface area (Å²) in [6.45, 7) is 4.20. The van der Waals surface area contributed by atoms with E-state index in [1.165, 1.54) is 5.69 Å². The summed E-state index contributed by atoms with van der Waals surface area (Å²) in [7, 11) is 0. The van der Waals surface area contributed by atoms with E-state index in [2.05, 4.69) is 17.3 Å². The Kier molecular flexibility index (Phi) is 2.88. The summed E-state index contributed by atoms with van der Waals surface area (Å²) < 4.78 is 0. The first-order chi connectivity index (χ1) is 6.66. The largest absolute Gasteiger partial charge is 0.393 e. The Balaban J connectivity index is 1.98. The van der Waals surface area contributed by atoms with Crippen molar-refractivity contribution in [2.45, 2.75) is 39.2 Å². The molecule has 2 rings (SSSR count). The highest BCUT2D eigenvalue weighted by Gasteiger charge is 2.31. The molecule has 1 heterocycles. The number of aliphatic hydroxyl groups is 1. The molecule has 1 aromatic heterocycles. The highest BCUT2D eigenvalue weighted by molar-refractivity contribution is 7.09. The molecule has 3 unspecified atom stereocenters. The Labute approximate surface area is 89.0 Å². The third kappa shape index (κ3) is 1.98. The van der Waals surface area contributed by atoms with E-state index in [1.807, 2.05) is 6.92 Å². The lowest BCUT2D eigenvalue weighted by atomic mass is 9.93. The second kappa shape index (κ2) is 3.99. The van der Waals surface area contributed by atoms with Crippen molar-refractivity contribution in [1.29, 1.82) is 0 Å². The maximum absolute atomic E-state index is 9.63. The number of nitrogens with zero attached hydrogens (tertiary/aromatic N) is 1. The van der Waals surface area contributed by atoms with Crippen LogP contribution in [0.2, 0.25) is 0 Å². The van der Waals surface area contributed by atoms with Crippen molar-refractivity contribution >= 4 is 11.3 Å². The SMILES string of the molecule is Cc1nc(CC2CCC(O)C2C)cs1. The first-order valence-electron chi connectivity index (χ1n) is 5.26. The maximum Gasteiger partial charge on any atom is 0.0897 e. The lowest BCUT2D eigenvalue weighted by molar-refractivity contribution is 0.127. The van der Waals surface area contributed by atoms with Gasteiger partial charge in [-0.2, -0.15) is 0 Å². The Morgan fingerprint density at radius 3 is 2.86 bits per heavy atom. The third-order valence-corrected chi connectivity index (χ3v) is 4.14. The molecule has 0 saturated heterocycles. The van der Waals surface area contributed by atoms with Crippen molar-refractivity contribution in [3.63, 3.8) is 0 Å². The molecule has 3 heteroatoms. The fraction of sp³-hybridized carbons (Fsp3) is 0.727. The summed E-state index contributed by atoms with van der Waals surface area (Å²) in [6, 6.07) is 0. The number of aromatic nitrogens is 1. The van der Waals surface area contributed by atoms with Crippen molar-refractivity contribution < 1.29 is 5.11 Å². The first kappa shape index (κ1) is 10.1. The average molecular weight is 211 g/mol. The molecule has 1 aliphatic rings. The van der Waals surface area contributed by atoms with E-state index in [9.17, 15) is 5.11 Å². The highest BCUT2D eigenvalue weighted by Crippen LogP contribution is 2.34. The van der Waals surface area contributed by atoms with Gasteiger partial charge in [0.2, 0.25) is 0 Å². The van der Waals surface area contributed by atoms with Crippen LogP contribution < -0.4 is 0 Å². The van der Waals surface area contributed by atoms with Gasteiger partial charge in [0, 0.05) is 5.38 Å². The van der Waals surface area contributed by atoms with E-state index in [-0.39, 0.29) is 6.10 Å². The molecule has 1 fully saturated rings. The lowest BCUT2D eigenvalue weighted by Crippen LogP contribution is -2.16. The summed E-state index contributed by atoms with van der Waals surface area (Å²) in [5.41, 5.74) is 1.21. The molecule has 0 spiro atoms. The van der Waals surface area contributed by atoms with Gasteiger partial charge in [-0.25, -0.2) is 4.98 Å². The van der Waals surface area contributed by atoms with Gasteiger partial charge < -0.3 is 5.11 Å². The number of thiazole rings is 1. The zero-order chi connectivity index (χ0) is 10.1. The minimum absolute atomic E-state index is 0.0836. The van der Waals surface area contributed by atoms with E-state index in [0.717, 1.165) is 24.3 Å². The summed E-state index contributed by atoms with van der Waals surface area (Å²) in [4.78, 5) is 4.47. The predicted molar refractivity (Wildman–Crippen MR) is 58.4 cm³/mol. The van der Waals surface area contributed by atoms with E-state index in [4.69, 9.17) is 0 Å². The molecule has 3 atom stereocenters. The molecule has 1 N–H and O–H groups in total. The van der Waals surface area contributed by atoms with Crippen LogP contribution in [0.15, 0.2) is 5.38 Å². The predicted octanol–water partition coefficient (Wildman–Crippen LogP) is 2.40. The second-order valence-corrected chi connectivity index (χ2v) is 5.39. The normalized spacial score (nSPS) is 32.4. The molecule has 0 bridgehead atoms. The molecule has 78 valence electrons. The van der Waals surface area contributed by atoms with Gasteiger partial charge in [-0.05, 0) is 38.0 Å². The summed E-state index contributed by atoms with van der Waals surface area (Å²) in [5.74, 6) is 1.07. The van der Waals surface area contributed by atoms with Crippen LogP contribution in [0.5, 0.6) is 0 Å². The van der Waals surface area contributed by atoms with Crippen LogP contribution in [0.1, 0.15) is 30.5 Å². The Hall–Kier alpha value is -0.410. The fourth-order valence-corrected chi connectivity index (χ4v) is 2.91. The number of rotatable bonds is 2. The van der Waals surface area contributed by atoms with Crippen molar-refractivity contribution in [3.05, 3.63) is 16.1 Å². The standard InChI is InChI=1S/C11H17NOS/c1-7-9(3-4-11(7)13)5-10-6-14-8(2)12-10/h6-7,9,11,13H,3-5H2,1-2H3. The van der Waals surface area contributed by atoms with Crippen molar-refractivity contribution in [1.82, 2.24) is 4.98 Å². The molecule has 2 nitrogen and oxygen atoms in total. The zero-order valence-corrected chi connectivity index (χ0v) is 9.55. The van der Waals surface area contributed by atoms with Crippen LogP contribution >= 0.6 is 11.3 Å². The van der Waals surface area contributed by atoms with Crippen LogP contribution in [0.3, 0.4) is 0 Å². The molecule has 0 aromatic carbocycles. The zero-order valence-electron chi connectivity index (χ0n) is 8.73. The molecule has 0 aliphatic heterocycles. The van der Waals surface area contributed by atoms with Crippen LogP contribution in [0, 0.1) is 18.8 Å². The van der Waals surface area contributed by atoms with Gasteiger partial charge >= 0.3 is 0 Å². The molecule has 0 radical (unpaired) electrons. The highest BCUT2D eigenvalue weighted by atomic mass is 32.1. The molecular formula is C11H17NOS. The number of hydrogen-bond acceptors (Lipinski definition) is 3. The number of aryl methyl sites for hydroxylation is 1. The van der Waals surface area contributed by atoms with Crippen LogP contribution in [-0.2, 0) is 6.42 Å². The van der Waals surface area contributed by atoms with Gasteiger partial charge in [-0.15, -0.1) is 11.3 Å². The van der Waals surface area contributed by atoms with Crippen molar-refractivity contribution in [2.75, 3.05) is 0 Å². The lowest BCUT2D eigenvalue weighted by Gasteiger charge is -2.15. The Morgan fingerprint density at radius 2 is 2.36 bits per heavy atom. The van der Waals surface area contributed by atoms with Crippen LogP contribution in [-0.4, -0.2) is 16.2 Å². The third-order valence-electron chi connectivity index (χ3n) is 3.32. The average Bonchev–Trinajstić information content (AvgIpc) is 2.67. The molecule has 14 heavy (non-hydrogen) atoms. The molecule has 0 amide bonds.